The topological polar surface area (TPSA) is 27.7 Å². The molecule has 0 N–H and O–H groups in total. The lowest BCUT2D eigenvalue weighted by molar-refractivity contribution is 0.465. The molecule has 7 aromatic carbocycles. The van der Waals surface area contributed by atoms with E-state index in [1.807, 2.05) is 24.3 Å². The third-order valence-electron chi connectivity index (χ3n) is 9.75. The maximum atomic E-state index is 6.59. The van der Waals surface area contributed by atoms with E-state index in [1.54, 1.807) is 0 Å². The monoisotopic (exact) mass is 600 g/mol. The van der Waals surface area contributed by atoms with Gasteiger partial charge in [0, 0.05) is 5.46 Å². The summed E-state index contributed by atoms with van der Waals surface area (Å²) in [5.41, 5.74) is 11.5. The Bertz CT molecular complexity index is 2270. The Morgan fingerprint density at radius 1 is 0.298 bits per heavy atom. The minimum absolute atomic E-state index is 0.0445. The van der Waals surface area contributed by atoms with Gasteiger partial charge in [0.15, 0.2) is 0 Å². The SMILES string of the molecule is c1cc(-c2cc3c4c(c2)Oc2ccccc2B4c2ccccc2O3)cc(-c2ccccc2B2c3ccccc3Oc3ccccc32)c1. The van der Waals surface area contributed by atoms with Crippen LogP contribution in [-0.2, 0) is 0 Å². The van der Waals surface area contributed by atoms with Gasteiger partial charge in [-0.2, -0.15) is 0 Å². The lowest BCUT2D eigenvalue weighted by atomic mass is 9.35. The Labute approximate surface area is 274 Å². The Balaban J connectivity index is 1.11. The molecule has 0 amide bonds. The first-order chi connectivity index (χ1) is 23.3. The van der Waals surface area contributed by atoms with E-state index < -0.39 is 0 Å². The van der Waals surface area contributed by atoms with Gasteiger partial charge in [0.1, 0.15) is 34.5 Å². The number of rotatable bonds is 3. The Morgan fingerprint density at radius 3 is 1.28 bits per heavy atom. The molecule has 5 heteroatoms. The third-order valence-corrected chi connectivity index (χ3v) is 9.75. The fourth-order valence-corrected chi connectivity index (χ4v) is 7.68. The number of benzene rings is 7. The van der Waals surface area contributed by atoms with E-state index in [0.29, 0.717) is 0 Å². The quantitative estimate of drug-likeness (QED) is 0.221. The van der Waals surface area contributed by atoms with Crippen LogP contribution in [0.4, 0.5) is 0 Å². The van der Waals surface area contributed by atoms with E-state index in [4.69, 9.17) is 14.2 Å². The molecule has 7 aromatic rings. The van der Waals surface area contributed by atoms with Crippen LogP contribution in [0.15, 0.2) is 158 Å². The highest BCUT2D eigenvalue weighted by Crippen LogP contribution is 2.39. The van der Waals surface area contributed by atoms with E-state index in [9.17, 15) is 0 Å². The van der Waals surface area contributed by atoms with Crippen LogP contribution in [-0.4, -0.2) is 13.4 Å². The van der Waals surface area contributed by atoms with Gasteiger partial charge in [0.05, 0.1) is 0 Å². The minimum Gasteiger partial charge on any atom is -0.458 e. The van der Waals surface area contributed by atoms with Crippen molar-refractivity contribution in [2.75, 3.05) is 0 Å². The molecule has 218 valence electrons. The number of ether oxygens (including phenoxy) is 3. The van der Waals surface area contributed by atoms with Gasteiger partial charge in [-0.15, -0.1) is 0 Å². The molecule has 3 heterocycles. The molecule has 0 unspecified atom stereocenters. The molecular formula is C42H26B2O3. The summed E-state index contributed by atoms with van der Waals surface area (Å²) in [7, 11) is 0. The molecule has 47 heavy (non-hydrogen) atoms. The van der Waals surface area contributed by atoms with Crippen LogP contribution in [0.1, 0.15) is 0 Å². The molecule has 0 spiro atoms. The van der Waals surface area contributed by atoms with Gasteiger partial charge in [-0.3, -0.25) is 0 Å². The van der Waals surface area contributed by atoms with Crippen LogP contribution >= 0.6 is 0 Å². The maximum Gasteiger partial charge on any atom is 0.260 e. The van der Waals surface area contributed by atoms with Crippen LogP contribution in [0.2, 0.25) is 0 Å². The van der Waals surface area contributed by atoms with Crippen LogP contribution in [0.25, 0.3) is 22.3 Å². The zero-order valence-corrected chi connectivity index (χ0v) is 25.4. The molecule has 3 nitrogen and oxygen atoms in total. The van der Waals surface area contributed by atoms with E-state index in [2.05, 4.69) is 133 Å². The second kappa shape index (κ2) is 10.3. The highest BCUT2D eigenvalue weighted by molar-refractivity contribution is 6.98. The lowest BCUT2D eigenvalue weighted by Crippen LogP contribution is -2.57. The van der Waals surface area contributed by atoms with Gasteiger partial charge in [-0.25, -0.2) is 0 Å². The van der Waals surface area contributed by atoms with E-state index >= 15 is 0 Å². The largest absolute Gasteiger partial charge is 0.458 e. The van der Waals surface area contributed by atoms with Gasteiger partial charge >= 0.3 is 0 Å². The molecule has 0 saturated carbocycles. The first-order valence-electron chi connectivity index (χ1n) is 16.1. The molecule has 0 fully saturated rings. The maximum absolute atomic E-state index is 6.59. The minimum atomic E-state index is 0.0445. The molecule has 0 atom stereocenters. The first kappa shape index (κ1) is 26.3. The second-order valence-electron chi connectivity index (χ2n) is 12.4. The summed E-state index contributed by atoms with van der Waals surface area (Å²) in [6.45, 7) is 0.107. The second-order valence-corrected chi connectivity index (χ2v) is 12.4. The van der Waals surface area contributed by atoms with Crippen molar-refractivity contribution in [1.82, 2.24) is 0 Å². The molecular weight excluding hydrogens is 574 g/mol. The zero-order valence-electron chi connectivity index (χ0n) is 25.4. The highest BCUT2D eigenvalue weighted by Gasteiger charge is 2.40. The third kappa shape index (κ3) is 4.10. The number of fused-ring (bicyclic) bond motifs is 6. The van der Waals surface area contributed by atoms with Crippen molar-refractivity contribution in [2.45, 2.75) is 0 Å². The van der Waals surface area contributed by atoms with Crippen LogP contribution < -0.4 is 47.0 Å². The highest BCUT2D eigenvalue weighted by atomic mass is 16.5. The summed E-state index contributed by atoms with van der Waals surface area (Å²) >= 11 is 0. The number of hydrogen-bond donors (Lipinski definition) is 0. The summed E-state index contributed by atoms with van der Waals surface area (Å²) in [6.07, 6.45) is 0. The van der Waals surface area contributed by atoms with Crippen molar-refractivity contribution in [3.8, 4) is 56.8 Å². The molecule has 0 radical (unpaired) electrons. The Hall–Kier alpha value is -5.93. The fourth-order valence-electron chi connectivity index (χ4n) is 7.68. The Kier molecular flexibility index (Phi) is 5.76. The number of para-hydroxylation sites is 4. The van der Waals surface area contributed by atoms with E-state index in [1.165, 1.54) is 32.9 Å². The predicted octanol–water partition coefficient (Wildman–Crippen LogP) is 6.37. The average Bonchev–Trinajstić information content (AvgIpc) is 3.13. The summed E-state index contributed by atoms with van der Waals surface area (Å²) in [6, 6.07) is 55.4. The van der Waals surface area contributed by atoms with Crippen LogP contribution in [0.5, 0.6) is 34.5 Å². The van der Waals surface area contributed by atoms with Crippen LogP contribution in [0, 0.1) is 0 Å². The Morgan fingerprint density at radius 2 is 0.723 bits per heavy atom. The molecule has 3 aliphatic rings. The predicted molar refractivity (Wildman–Crippen MR) is 193 cm³/mol. The zero-order chi connectivity index (χ0) is 30.9. The van der Waals surface area contributed by atoms with Gasteiger partial charge in [-0.1, -0.05) is 121 Å². The summed E-state index contributed by atoms with van der Waals surface area (Å²) < 4.78 is 19.5. The molecule has 0 bridgehead atoms. The van der Waals surface area contributed by atoms with Crippen molar-refractivity contribution in [3.63, 3.8) is 0 Å². The first-order valence-corrected chi connectivity index (χ1v) is 16.1. The molecule has 0 aliphatic carbocycles. The molecule has 10 rings (SSSR count). The van der Waals surface area contributed by atoms with E-state index in [0.717, 1.165) is 56.7 Å². The fraction of sp³-hybridized carbons (Fsp3) is 0. The van der Waals surface area contributed by atoms with Gasteiger partial charge < -0.3 is 14.2 Å². The molecule has 0 saturated heterocycles. The summed E-state index contributed by atoms with van der Waals surface area (Å²) in [5, 5.41) is 0. The van der Waals surface area contributed by atoms with Gasteiger partial charge in [-0.05, 0) is 86.6 Å². The molecule has 0 aromatic heterocycles. The average molecular weight is 600 g/mol. The number of hydrogen-bond acceptors (Lipinski definition) is 3. The summed E-state index contributed by atoms with van der Waals surface area (Å²) in [5.74, 6) is 5.29. The molecule has 3 aliphatic heterocycles. The summed E-state index contributed by atoms with van der Waals surface area (Å²) in [4.78, 5) is 0. The van der Waals surface area contributed by atoms with Crippen molar-refractivity contribution < 1.29 is 14.2 Å². The standard InChI is InChI=1S/C42H26B2O3/c1-2-15-31(43-32-16-3-7-20-36(32)45-37-21-8-4-17-33(37)43)30(14-1)28-13-11-12-27(24-28)29-25-40-42-41(26-29)47-39-23-10-6-19-35(39)44(42)34-18-5-9-22-38(34)46-40/h1-26H. The smallest absolute Gasteiger partial charge is 0.260 e. The van der Waals surface area contributed by atoms with Crippen molar-refractivity contribution >= 4 is 46.2 Å². The van der Waals surface area contributed by atoms with Crippen molar-refractivity contribution in [3.05, 3.63) is 158 Å². The van der Waals surface area contributed by atoms with Gasteiger partial charge in [0.25, 0.3) is 13.4 Å². The normalized spacial score (nSPS) is 13.1. The van der Waals surface area contributed by atoms with Gasteiger partial charge in [0.2, 0.25) is 0 Å². The van der Waals surface area contributed by atoms with Crippen molar-refractivity contribution in [2.24, 2.45) is 0 Å². The lowest BCUT2D eigenvalue weighted by Gasteiger charge is -2.33. The van der Waals surface area contributed by atoms with E-state index in [-0.39, 0.29) is 13.4 Å². The van der Waals surface area contributed by atoms with Crippen LogP contribution in [0.3, 0.4) is 0 Å². The van der Waals surface area contributed by atoms with Crippen molar-refractivity contribution in [1.29, 1.82) is 0 Å².